The van der Waals surface area contributed by atoms with Crippen LogP contribution in [-0.2, 0) is 10.0 Å². The fourth-order valence-corrected chi connectivity index (χ4v) is 2.60. The van der Waals surface area contributed by atoms with Crippen molar-refractivity contribution >= 4 is 21.4 Å². The molecule has 21 heavy (non-hydrogen) atoms. The van der Waals surface area contributed by atoms with Gasteiger partial charge in [-0.25, -0.2) is 13.1 Å². The molecule has 0 unspecified atom stereocenters. The summed E-state index contributed by atoms with van der Waals surface area (Å²) in [6.45, 7) is 0.661. The number of nitrogens with one attached hydrogen (secondary N) is 1. The average Bonchev–Trinajstić information content (AvgIpc) is 2.37. The third-order valence-electron chi connectivity index (χ3n) is 2.79. The number of halogens is 3. The molecule has 0 heterocycles. The maximum atomic E-state index is 12.6. The highest BCUT2D eigenvalue weighted by molar-refractivity contribution is 7.89. The zero-order valence-electron chi connectivity index (χ0n) is 11.7. The van der Waals surface area contributed by atoms with E-state index in [4.69, 9.17) is 5.73 Å². The highest BCUT2D eigenvalue weighted by atomic mass is 32.2. The van der Waals surface area contributed by atoms with Gasteiger partial charge in [0.25, 0.3) is 0 Å². The van der Waals surface area contributed by atoms with Crippen LogP contribution < -0.4 is 15.4 Å². The van der Waals surface area contributed by atoms with E-state index in [1.165, 1.54) is 19.2 Å². The Kier molecular flexibility index (Phi) is 5.46. The van der Waals surface area contributed by atoms with Gasteiger partial charge in [0.1, 0.15) is 6.54 Å². The lowest BCUT2D eigenvalue weighted by Crippen LogP contribution is -2.35. The zero-order valence-corrected chi connectivity index (χ0v) is 12.6. The van der Waals surface area contributed by atoms with Crippen molar-refractivity contribution in [2.24, 2.45) is 0 Å². The number of rotatable bonds is 6. The van der Waals surface area contributed by atoms with Crippen molar-refractivity contribution in [2.45, 2.75) is 24.4 Å². The average molecular weight is 325 g/mol. The summed E-state index contributed by atoms with van der Waals surface area (Å²) < 4.78 is 63.5. The smallest absolute Gasteiger partial charge is 0.397 e. The molecule has 0 amide bonds. The van der Waals surface area contributed by atoms with Crippen LogP contribution in [0, 0.1) is 0 Å². The Hall–Kier alpha value is -1.48. The van der Waals surface area contributed by atoms with Crippen molar-refractivity contribution in [1.82, 2.24) is 4.72 Å². The molecule has 0 radical (unpaired) electrons. The number of nitrogen functional groups attached to an aromatic ring is 1. The molecule has 1 aromatic carbocycles. The monoisotopic (exact) mass is 325 g/mol. The Morgan fingerprint density at radius 2 is 1.95 bits per heavy atom. The quantitative estimate of drug-likeness (QED) is 0.784. The SMILES string of the molecule is CCCN(CC(F)(F)F)c1cc(S(=O)(=O)NC)ccc1N. The predicted octanol–water partition coefficient (Wildman–Crippen LogP) is 1.96. The third-order valence-corrected chi connectivity index (χ3v) is 4.20. The number of sulfonamides is 1. The summed E-state index contributed by atoms with van der Waals surface area (Å²) in [7, 11) is -2.52. The van der Waals surface area contributed by atoms with Gasteiger partial charge in [0, 0.05) is 6.54 Å². The molecule has 3 N–H and O–H groups in total. The van der Waals surface area contributed by atoms with E-state index in [1.54, 1.807) is 6.92 Å². The van der Waals surface area contributed by atoms with E-state index in [-0.39, 0.29) is 22.8 Å². The van der Waals surface area contributed by atoms with E-state index < -0.39 is 22.7 Å². The number of alkyl halides is 3. The van der Waals surface area contributed by atoms with Crippen molar-refractivity contribution in [3.63, 3.8) is 0 Å². The maximum absolute atomic E-state index is 12.6. The van der Waals surface area contributed by atoms with Crippen molar-refractivity contribution in [3.8, 4) is 0 Å². The van der Waals surface area contributed by atoms with Crippen LogP contribution in [0.1, 0.15) is 13.3 Å². The van der Waals surface area contributed by atoms with E-state index in [0.29, 0.717) is 6.42 Å². The van der Waals surface area contributed by atoms with E-state index in [0.717, 1.165) is 11.0 Å². The second-order valence-corrected chi connectivity index (χ2v) is 6.35. The molecule has 0 aromatic heterocycles. The standard InChI is InChI=1S/C12H18F3N3O2S/c1-3-6-18(8-12(13,14)15)11-7-9(4-5-10(11)16)21(19,20)17-2/h4-5,7,17H,3,6,8,16H2,1-2H3. The molecular formula is C12H18F3N3O2S. The van der Waals surface area contributed by atoms with Crippen LogP contribution in [0.4, 0.5) is 24.5 Å². The predicted molar refractivity (Wildman–Crippen MR) is 75.7 cm³/mol. The summed E-state index contributed by atoms with van der Waals surface area (Å²) in [5.41, 5.74) is 5.86. The molecule has 9 heteroatoms. The normalized spacial score (nSPS) is 12.4. The van der Waals surface area contributed by atoms with Crippen LogP contribution in [0.2, 0.25) is 0 Å². The van der Waals surface area contributed by atoms with E-state index >= 15 is 0 Å². The Labute approximate surface area is 122 Å². The zero-order chi connectivity index (χ0) is 16.3. The number of nitrogens with zero attached hydrogens (tertiary/aromatic N) is 1. The molecule has 0 saturated heterocycles. The molecule has 0 atom stereocenters. The van der Waals surface area contributed by atoms with Crippen LogP contribution in [0.25, 0.3) is 0 Å². The number of anilines is 2. The summed E-state index contributed by atoms with van der Waals surface area (Å²) >= 11 is 0. The van der Waals surface area contributed by atoms with Gasteiger partial charge in [0.05, 0.1) is 16.3 Å². The van der Waals surface area contributed by atoms with E-state index in [9.17, 15) is 21.6 Å². The van der Waals surface area contributed by atoms with Crippen LogP contribution >= 0.6 is 0 Å². The Balaban J connectivity index is 3.27. The Morgan fingerprint density at radius 3 is 2.43 bits per heavy atom. The van der Waals surface area contributed by atoms with Gasteiger partial charge in [-0.1, -0.05) is 6.92 Å². The van der Waals surface area contributed by atoms with Crippen LogP contribution in [0.15, 0.2) is 23.1 Å². The first kappa shape index (κ1) is 17.6. The van der Waals surface area contributed by atoms with Crippen molar-refractivity contribution in [2.75, 3.05) is 30.8 Å². The van der Waals surface area contributed by atoms with E-state index in [1.807, 2.05) is 0 Å². The first-order valence-electron chi connectivity index (χ1n) is 6.25. The highest BCUT2D eigenvalue weighted by Crippen LogP contribution is 2.29. The minimum absolute atomic E-state index is 0.0606. The largest absolute Gasteiger partial charge is 0.405 e. The lowest BCUT2D eigenvalue weighted by atomic mass is 10.2. The third kappa shape index (κ3) is 4.78. The summed E-state index contributed by atoms with van der Waals surface area (Å²) in [5.74, 6) is 0. The van der Waals surface area contributed by atoms with Crippen molar-refractivity contribution < 1.29 is 21.6 Å². The Bertz CT molecular complexity index is 588. The summed E-state index contributed by atoms with van der Waals surface area (Å²) in [6, 6.07) is 3.70. The maximum Gasteiger partial charge on any atom is 0.405 e. The first-order valence-corrected chi connectivity index (χ1v) is 7.74. The highest BCUT2D eigenvalue weighted by Gasteiger charge is 2.31. The first-order chi connectivity index (χ1) is 9.60. The van der Waals surface area contributed by atoms with Gasteiger partial charge < -0.3 is 10.6 Å². The summed E-state index contributed by atoms with van der Waals surface area (Å²) in [5, 5.41) is 0. The molecule has 0 saturated carbocycles. The molecule has 0 aliphatic heterocycles. The lowest BCUT2D eigenvalue weighted by Gasteiger charge is -2.27. The number of benzene rings is 1. The number of hydrogen-bond donors (Lipinski definition) is 2. The van der Waals surface area contributed by atoms with Gasteiger partial charge in [-0.3, -0.25) is 0 Å². The van der Waals surface area contributed by atoms with Gasteiger partial charge in [0.15, 0.2) is 0 Å². The number of nitrogens with two attached hydrogens (primary N) is 1. The van der Waals surface area contributed by atoms with Gasteiger partial charge >= 0.3 is 6.18 Å². The topological polar surface area (TPSA) is 75.4 Å². The lowest BCUT2D eigenvalue weighted by molar-refractivity contribution is -0.119. The van der Waals surface area contributed by atoms with Crippen LogP contribution in [0.3, 0.4) is 0 Å². The minimum Gasteiger partial charge on any atom is -0.397 e. The molecule has 1 aromatic rings. The molecule has 0 aliphatic carbocycles. The minimum atomic E-state index is -4.40. The second-order valence-electron chi connectivity index (χ2n) is 4.46. The van der Waals surface area contributed by atoms with Crippen molar-refractivity contribution in [3.05, 3.63) is 18.2 Å². The van der Waals surface area contributed by atoms with Crippen LogP contribution in [-0.4, -0.2) is 34.7 Å². The molecule has 0 bridgehead atoms. The summed E-state index contributed by atoms with van der Waals surface area (Å²) in [6.07, 6.45) is -3.93. The van der Waals surface area contributed by atoms with Crippen LogP contribution in [0.5, 0.6) is 0 Å². The molecule has 1 rings (SSSR count). The number of hydrogen-bond acceptors (Lipinski definition) is 4. The molecule has 5 nitrogen and oxygen atoms in total. The molecule has 120 valence electrons. The molecule has 0 spiro atoms. The second kappa shape index (κ2) is 6.52. The molecular weight excluding hydrogens is 307 g/mol. The summed E-state index contributed by atoms with van der Waals surface area (Å²) in [4.78, 5) is 0.904. The van der Waals surface area contributed by atoms with Gasteiger partial charge in [-0.15, -0.1) is 0 Å². The van der Waals surface area contributed by atoms with Gasteiger partial charge in [-0.05, 0) is 31.7 Å². The molecule has 0 aliphatic rings. The van der Waals surface area contributed by atoms with Gasteiger partial charge in [0.2, 0.25) is 10.0 Å². The van der Waals surface area contributed by atoms with Crippen molar-refractivity contribution in [1.29, 1.82) is 0 Å². The molecule has 0 fully saturated rings. The van der Waals surface area contributed by atoms with Gasteiger partial charge in [-0.2, -0.15) is 13.2 Å². The fourth-order valence-electron chi connectivity index (χ4n) is 1.85. The fraction of sp³-hybridized carbons (Fsp3) is 0.500. The van der Waals surface area contributed by atoms with E-state index in [2.05, 4.69) is 4.72 Å². The Morgan fingerprint density at radius 1 is 1.33 bits per heavy atom.